The average molecular weight is 821 g/mol. The van der Waals surface area contributed by atoms with Crippen molar-refractivity contribution in [2.75, 3.05) is 13.2 Å². The second-order valence-electron chi connectivity index (χ2n) is 15.6. The molecule has 6 nitrogen and oxygen atoms in total. The third kappa shape index (κ3) is 45.5. The van der Waals surface area contributed by atoms with Crippen LogP contribution in [0.15, 0.2) is 85.1 Å². The number of ether oxygens (including phenoxy) is 3. The van der Waals surface area contributed by atoms with Crippen molar-refractivity contribution in [3.05, 3.63) is 85.1 Å². The van der Waals surface area contributed by atoms with Gasteiger partial charge in [0.05, 0.1) is 0 Å². The Labute approximate surface area is 363 Å². The van der Waals surface area contributed by atoms with Gasteiger partial charge in [0.2, 0.25) is 0 Å². The number of esters is 3. The van der Waals surface area contributed by atoms with Crippen molar-refractivity contribution in [1.82, 2.24) is 0 Å². The van der Waals surface area contributed by atoms with E-state index in [9.17, 15) is 14.4 Å². The molecule has 0 aromatic heterocycles. The number of hydrogen-bond acceptors (Lipinski definition) is 6. The minimum absolute atomic E-state index is 0.102. The Morgan fingerprint density at radius 1 is 0.356 bits per heavy atom. The van der Waals surface area contributed by atoms with Crippen molar-refractivity contribution >= 4 is 17.9 Å². The van der Waals surface area contributed by atoms with Gasteiger partial charge in [0.1, 0.15) is 13.2 Å². The molecule has 0 amide bonds. The lowest BCUT2D eigenvalue weighted by Crippen LogP contribution is -2.30. The predicted octanol–water partition coefficient (Wildman–Crippen LogP) is 15.6. The number of unbranched alkanes of at least 4 members (excludes halogenated alkanes) is 17. The lowest BCUT2D eigenvalue weighted by molar-refractivity contribution is -0.166. The maximum absolute atomic E-state index is 12.7. The van der Waals surface area contributed by atoms with E-state index >= 15 is 0 Å². The molecule has 0 bridgehead atoms. The molecule has 0 spiro atoms. The van der Waals surface area contributed by atoms with E-state index < -0.39 is 6.10 Å². The molecule has 0 heterocycles. The van der Waals surface area contributed by atoms with Gasteiger partial charge in [-0.2, -0.15) is 0 Å². The molecule has 0 saturated carbocycles. The summed E-state index contributed by atoms with van der Waals surface area (Å²) in [6.07, 6.45) is 60.0. The van der Waals surface area contributed by atoms with Crippen LogP contribution in [0.2, 0.25) is 0 Å². The van der Waals surface area contributed by atoms with Crippen molar-refractivity contribution in [3.8, 4) is 0 Å². The normalized spacial score (nSPS) is 12.8. The monoisotopic (exact) mass is 821 g/mol. The molecule has 1 atom stereocenters. The Balaban J connectivity index is 4.50. The van der Waals surface area contributed by atoms with Crippen molar-refractivity contribution in [1.29, 1.82) is 0 Å². The molecule has 336 valence electrons. The quantitative estimate of drug-likeness (QED) is 0.0264. The van der Waals surface area contributed by atoms with Gasteiger partial charge in [-0.3, -0.25) is 14.4 Å². The molecule has 0 fully saturated rings. The number of carbonyl (C=O) groups is 3. The molecule has 0 aliphatic carbocycles. The fourth-order valence-corrected chi connectivity index (χ4v) is 6.35. The van der Waals surface area contributed by atoms with Gasteiger partial charge in [-0.15, -0.1) is 0 Å². The fourth-order valence-electron chi connectivity index (χ4n) is 6.35. The van der Waals surface area contributed by atoms with Crippen molar-refractivity contribution in [2.45, 2.75) is 219 Å². The Morgan fingerprint density at radius 2 is 0.695 bits per heavy atom. The van der Waals surface area contributed by atoms with Crippen molar-refractivity contribution in [2.24, 2.45) is 0 Å². The molecule has 0 N–H and O–H groups in total. The standard InChI is InChI=1S/C53H88O6/c1-4-7-10-13-16-19-22-24-26-27-29-31-34-37-40-43-46-52(55)58-49-50(48-57-51(54)45-42-39-36-33-30-21-18-15-12-9-6-3)59-53(56)47-44-41-38-35-32-28-25-23-20-17-14-11-8-5-2/h7-8,10-11,16-17,19-20,24,26,29,31,37,40,50H,4-6,9,12-15,18,21-23,25,27-28,30,32-36,38-39,41-49H2,1-3H3/b10-7-,11-8-,19-16-,20-17-,26-24-,31-29-,40-37-. The molecule has 0 aliphatic heterocycles. The average Bonchev–Trinajstić information content (AvgIpc) is 3.23. The highest BCUT2D eigenvalue weighted by molar-refractivity contribution is 5.71. The van der Waals surface area contributed by atoms with Crippen LogP contribution in [0.25, 0.3) is 0 Å². The molecule has 0 aromatic carbocycles. The first-order valence-electron chi connectivity index (χ1n) is 24.1. The Morgan fingerprint density at radius 3 is 1.14 bits per heavy atom. The van der Waals surface area contributed by atoms with E-state index in [1.807, 2.05) is 12.2 Å². The van der Waals surface area contributed by atoms with Gasteiger partial charge in [0, 0.05) is 19.3 Å². The van der Waals surface area contributed by atoms with E-state index in [2.05, 4.69) is 93.7 Å². The summed E-state index contributed by atoms with van der Waals surface area (Å²) >= 11 is 0. The van der Waals surface area contributed by atoms with Gasteiger partial charge in [-0.1, -0.05) is 202 Å². The third-order valence-corrected chi connectivity index (χ3v) is 9.91. The zero-order valence-corrected chi connectivity index (χ0v) is 38.2. The smallest absolute Gasteiger partial charge is 0.306 e. The maximum Gasteiger partial charge on any atom is 0.306 e. The summed E-state index contributed by atoms with van der Waals surface area (Å²) in [5, 5.41) is 0. The highest BCUT2D eigenvalue weighted by Gasteiger charge is 2.19. The first kappa shape index (κ1) is 55.6. The molecular weight excluding hydrogens is 733 g/mol. The molecule has 1 unspecified atom stereocenters. The van der Waals surface area contributed by atoms with Gasteiger partial charge >= 0.3 is 17.9 Å². The Kier molecular flexibility index (Phi) is 44.5. The molecule has 59 heavy (non-hydrogen) atoms. The molecule has 0 radical (unpaired) electrons. The van der Waals surface area contributed by atoms with Crippen LogP contribution in [0.1, 0.15) is 213 Å². The molecule has 0 rings (SSSR count). The fraction of sp³-hybridized carbons (Fsp3) is 0.679. The molecule has 0 aromatic rings. The van der Waals surface area contributed by atoms with Gasteiger partial charge in [-0.25, -0.2) is 0 Å². The van der Waals surface area contributed by atoms with Crippen LogP contribution < -0.4 is 0 Å². The van der Waals surface area contributed by atoms with Gasteiger partial charge < -0.3 is 14.2 Å². The number of carbonyl (C=O) groups excluding carboxylic acids is 3. The number of hydrogen-bond donors (Lipinski definition) is 0. The summed E-state index contributed by atoms with van der Waals surface area (Å²) < 4.78 is 16.7. The molecule has 6 heteroatoms. The summed E-state index contributed by atoms with van der Waals surface area (Å²) in [5.41, 5.74) is 0. The highest BCUT2D eigenvalue weighted by Crippen LogP contribution is 2.14. The zero-order valence-electron chi connectivity index (χ0n) is 38.2. The summed E-state index contributed by atoms with van der Waals surface area (Å²) in [6, 6.07) is 0. The largest absolute Gasteiger partial charge is 0.462 e. The Hall–Kier alpha value is -3.41. The van der Waals surface area contributed by atoms with E-state index in [0.717, 1.165) is 89.9 Å². The minimum atomic E-state index is -0.807. The number of allylic oxidation sites excluding steroid dienone is 14. The summed E-state index contributed by atoms with van der Waals surface area (Å²) in [6.45, 7) is 6.32. The van der Waals surface area contributed by atoms with Gasteiger partial charge in [0.15, 0.2) is 6.10 Å². The van der Waals surface area contributed by atoms with Crippen LogP contribution in [0, 0.1) is 0 Å². The van der Waals surface area contributed by atoms with Crippen LogP contribution in [0.3, 0.4) is 0 Å². The SMILES string of the molecule is CC/C=C\C/C=C\C/C=C\C/C=C\C/C=C\CCC(=O)OCC(COC(=O)CCCCCCCCCCCCC)OC(=O)CCCCCCCCC/C=C\C/C=C\CC. The summed E-state index contributed by atoms with van der Waals surface area (Å²) in [5.74, 6) is -1.00. The van der Waals surface area contributed by atoms with Crippen LogP contribution in [-0.4, -0.2) is 37.2 Å². The van der Waals surface area contributed by atoms with Crippen LogP contribution in [0.5, 0.6) is 0 Å². The van der Waals surface area contributed by atoms with Crippen LogP contribution in [0.4, 0.5) is 0 Å². The lowest BCUT2D eigenvalue weighted by atomic mass is 10.1. The van der Waals surface area contributed by atoms with E-state index in [-0.39, 0.29) is 37.5 Å². The van der Waals surface area contributed by atoms with E-state index in [1.165, 1.54) is 77.0 Å². The van der Waals surface area contributed by atoms with Crippen molar-refractivity contribution in [3.63, 3.8) is 0 Å². The molecule has 0 saturated heterocycles. The first-order valence-corrected chi connectivity index (χ1v) is 24.1. The summed E-state index contributed by atoms with van der Waals surface area (Å²) in [4.78, 5) is 37.8. The second kappa shape index (κ2) is 47.3. The van der Waals surface area contributed by atoms with E-state index in [4.69, 9.17) is 14.2 Å². The molecule has 0 aliphatic rings. The maximum atomic E-state index is 12.7. The Bertz CT molecular complexity index is 1170. The summed E-state index contributed by atoms with van der Waals surface area (Å²) in [7, 11) is 0. The van der Waals surface area contributed by atoms with E-state index in [0.29, 0.717) is 19.3 Å². The predicted molar refractivity (Wildman–Crippen MR) is 251 cm³/mol. The van der Waals surface area contributed by atoms with Crippen molar-refractivity contribution < 1.29 is 28.6 Å². The topological polar surface area (TPSA) is 78.9 Å². The zero-order chi connectivity index (χ0) is 43.0. The second-order valence-corrected chi connectivity index (χ2v) is 15.6. The lowest BCUT2D eigenvalue weighted by Gasteiger charge is -2.18. The third-order valence-electron chi connectivity index (χ3n) is 9.91. The molecular formula is C53H88O6. The minimum Gasteiger partial charge on any atom is -0.462 e. The number of rotatable bonds is 42. The first-order chi connectivity index (χ1) is 29.0. The highest BCUT2D eigenvalue weighted by atomic mass is 16.6. The van der Waals surface area contributed by atoms with Crippen LogP contribution in [-0.2, 0) is 28.6 Å². The van der Waals surface area contributed by atoms with Crippen LogP contribution >= 0.6 is 0 Å². The van der Waals surface area contributed by atoms with Gasteiger partial charge in [-0.05, 0) is 77.0 Å². The van der Waals surface area contributed by atoms with E-state index in [1.54, 1.807) is 0 Å². The van der Waals surface area contributed by atoms with Gasteiger partial charge in [0.25, 0.3) is 0 Å².